The molecule has 22 heavy (non-hydrogen) atoms. The van der Waals surface area contributed by atoms with Crippen LogP contribution in [-0.4, -0.2) is 49.3 Å². The van der Waals surface area contributed by atoms with E-state index in [9.17, 15) is 18.0 Å². The number of nitrogens with one attached hydrogen (secondary N) is 1. The standard InChI is InChI=1S/C13H13Cl2F3N2O2/c1-22-12(13(16,17)18)6-20(7-12)5-11(21)19-10-4-8(14)2-3-9(10)15/h2-4H,5-7H2,1H3,(H,19,21). The van der Waals surface area contributed by atoms with Crippen LogP contribution < -0.4 is 5.32 Å². The number of ether oxygens (including phenoxy) is 1. The largest absolute Gasteiger partial charge is 0.419 e. The van der Waals surface area contributed by atoms with Crippen LogP contribution in [0.4, 0.5) is 18.9 Å². The van der Waals surface area contributed by atoms with Crippen molar-refractivity contribution < 1.29 is 22.7 Å². The van der Waals surface area contributed by atoms with Crippen LogP contribution in [0.15, 0.2) is 18.2 Å². The second-order valence-corrected chi connectivity index (χ2v) is 5.86. The van der Waals surface area contributed by atoms with E-state index in [4.69, 9.17) is 23.2 Å². The maximum atomic E-state index is 12.8. The number of carbonyl (C=O) groups excluding carboxylic acids is 1. The number of hydrogen-bond donors (Lipinski definition) is 1. The number of rotatable bonds is 4. The lowest BCUT2D eigenvalue weighted by Crippen LogP contribution is -2.70. The summed E-state index contributed by atoms with van der Waals surface area (Å²) < 4.78 is 43.0. The average molecular weight is 357 g/mol. The van der Waals surface area contributed by atoms with Gasteiger partial charge in [-0.3, -0.25) is 9.69 Å². The predicted octanol–water partition coefficient (Wildman–Crippen LogP) is 3.20. The molecule has 1 heterocycles. The van der Waals surface area contributed by atoms with Gasteiger partial charge in [-0.15, -0.1) is 0 Å². The number of alkyl halides is 3. The summed E-state index contributed by atoms with van der Waals surface area (Å²) in [6, 6.07) is 4.54. The molecule has 1 aromatic rings. The molecule has 1 aliphatic heterocycles. The van der Waals surface area contributed by atoms with Gasteiger partial charge in [-0.05, 0) is 18.2 Å². The van der Waals surface area contributed by atoms with Crippen LogP contribution >= 0.6 is 23.2 Å². The molecule has 0 radical (unpaired) electrons. The number of likely N-dealkylation sites (tertiary alicyclic amines) is 1. The fourth-order valence-electron chi connectivity index (χ4n) is 2.20. The van der Waals surface area contributed by atoms with Crippen molar-refractivity contribution in [1.29, 1.82) is 0 Å². The van der Waals surface area contributed by atoms with Crippen molar-refractivity contribution in [1.82, 2.24) is 4.90 Å². The first kappa shape index (κ1) is 17.3. The number of hydrogen-bond acceptors (Lipinski definition) is 3. The minimum absolute atomic E-state index is 0.190. The van der Waals surface area contributed by atoms with Gasteiger partial charge in [0.15, 0.2) is 5.60 Å². The first-order valence-electron chi connectivity index (χ1n) is 6.26. The molecule has 0 spiro atoms. The Kier molecular flexibility index (Phi) is 4.91. The van der Waals surface area contributed by atoms with Crippen molar-refractivity contribution in [2.45, 2.75) is 11.8 Å². The highest BCUT2D eigenvalue weighted by atomic mass is 35.5. The van der Waals surface area contributed by atoms with Gasteiger partial charge in [0.05, 0.1) is 17.3 Å². The van der Waals surface area contributed by atoms with Gasteiger partial charge >= 0.3 is 6.18 Å². The zero-order valence-electron chi connectivity index (χ0n) is 11.5. The lowest BCUT2D eigenvalue weighted by Gasteiger charge is -2.49. The molecule has 122 valence electrons. The van der Waals surface area contributed by atoms with E-state index in [1.807, 2.05) is 0 Å². The van der Waals surface area contributed by atoms with Crippen molar-refractivity contribution in [3.8, 4) is 0 Å². The van der Waals surface area contributed by atoms with Gasteiger partial charge in [0.2, 0.25) is 5.91 Å². The topological polar surface area (TPSA) is 41.6 Å². The number of nitrogens with zero attached hydrogens (tertiary/aromatic N) is 1. The Morgan fingerprint density at radius 3 is 2.59 bits per heavy atom. The van der Waals surface area contributed by atoms with Gasteiger partial charge in [-0.25, -0.2) is 0 Å². The molecule has 4 nitrogen and oxygen atoms in total. The Labute approximate surface area is 135 Å². The number of anilines is 1. The zero-order valence-corrected chi connectivity index (χ0v) is 13.0. The van der Waals surface area contributed by atoms with Crippen LogP contribution in [0.3, 0.4) is 0 Å². The molecule has 0 saturated carbocycles. The molecule has 0 aliphatic carbocycles. The minimum atomic E-state index is -4.47. The molecule has 1 aromatic carbocycles. The van der Waals surface area contributed by atoms with E-state index >= 15 is 0 Å². The van der Waals surface area contributed by atoms with Crippen molar-refractivity contribution in [3.63, 3.8) is 0 Å². The molecule has 9 heteroatoms. The van der Waals surface area contributed by atoms with Crippen LogP contribution in [0.25, 0.3) is 0 Å². The third-order valence-corrected chi connectivity index (χ3v) is 4.00. The monoisotopic (exact) mass is 356 g/mol. The molecule has 1 saturated heterocycles. The van der Waals surface area contributed by atoms with Gasteiger partial charge in [-0.2, -0.15) is 13.2 Å². The molecule has 1 N–H and O–H groups in total. The predicted molar refractivity (Wildman–Crippen MR) is 77.3 cm³/mol. The Morgan fingerprint density at radius 2 is 2.05 bits per heavy atom. The Bertz CT molecular complexity index is 575. The van der Waals surface area contributed by atoms with Crippen LogP contribution in [0.1, 0.15) is 0 Å². The third kappa shape index (κ3) is 3.48. The lowest BCUT2D eigenvalue weighted by molar-refractivity contribution is -0.309. The van der Waals surface area contributed by atoms with E-state index in [1.165, 1.54) is 17.0 Å². The van der Waals surface area contributed by atoms with Crippen molar-refractivity contribution in [2.24, 2.45) is 0 Å². The van der Waals surface area contributed by atoms with Gasteiger partial charge in [-0.1, -0.05) is 23.2 Å². The summed E-state index contributed by atoms with van der Waals surface area (Å²) >= 11 is 11.7. The molecule has 0 bridgehead atoms. The number of halogens is 5. The van der Waals surface area contributed by atoms with E-state index in [0.717, 1.165) is 7.11 Å². The first-order valence-corrected chi connectivity index (χ1v) is 7.01. The molecule has 2 rings (SSSR count). The fraction of sp³-hybridized carbons (Fsp3) is 0.462. The summed E-state index contributed by atoms with van der Waals surface area (Å²) in [7, 11) is 1.01. The zero-order chi connectivity index (χ0) is 16.5. The summed E-state index contributed by atoms with van der Waals surface area (Å²) in [5.41, 5.74) is -1.88. The molecular weight excluding hydrogens is 344 g/mol. The van der Waals surface area contributed by atoms with Crippen LogP contribution in [-0.2, 0) is 9.53 Å². The highest BCUT2D eigenvalue weighted by molar-refractivity contribution is 6.35. The second-order valence-electron chi connectivity index (χ2n) is 5.01. The molecule has 0 atom stereocenters. The molecule has 1 aliphatic rings. The van der Waals surface area contributed by atoms with E-state index in [0.29, 0.717) is 15.7 Å². The van der Waals surface area contributed by atoms with E-state index in [-0.39, 0.29) is 19.6 Å². The second kappa shape index (κ2) is 6.23. The third-order valence-electron chi connectivity index (χ3n) is 3.44. The number of carbonyl (C=O) groups is 1. The summed E-state index contributed by atoms with van der Waals surface area (Å²) in [5, 5.41) is 3.20. The average Bonchev–Trinajstić information content (AvgIpc) is 2.36. The van der Waals surface area contributed by atoms with E-state index in [2.05, 4.69) is 10.1 Å². The summed E-state index contributed by atoms with van der Waals surface area (Å²) in [6.07, 6.45) is -4.47. The summed E-state index contributed by atoms with van der Waals surface area (Å²) in [6.45, 7) is -0.961. The van der Waals surface area contributed by atoms with Gasteiger partial charge in [0.1, 0.15) is 0 Å². The van der Waals surface area contributed by atoms with Crippen molar-refractivity contribution >= 4 is 34.8 Å². The van der Waals surface area contributed by atoms with Crippen LogP contribution in [0.2, 0.25) is 10.0 Å². The molecular formula is C13H13Cl2F3N2O2. The highest BCUT2D eigenvalue weighted by Gasteiger charge is 2.62. The lowest BCUT2D eigenvalue weighted by atomic mass is 9.93. The number of amides is 1. The molecule has 0 unspecified atom stereocenters. The van der Waals surface area contributed by atoms with Crippen LogP contribution in [0.5, 0.6) is 0 Å². The van der Waals surface area contributed by atoms with Crippen molar-refractivity contribution in [2.75, 3.05) is 32.1 Å². The van der Waals surface area contributed by atoms with Gasteiger partial charge < -0.3 is 10.1 Å². The smallest absolute Gasteiger partial charge is 0.366 e. The molecule has 1 amide bonds. The SMILES string of the molecule is COC1(C(F)(F)F)CN(CC(=O)Nc2cc(Cl)ccc2Cl)C1. The molecule has 1 fully saturated rings. The van der Waals surface area contributed by atoms with E-state index in [1.54, 1.807) is 6.07 Å². The fourth-order valence-corrected chi connectivity index (χ4v) is 2.54. The number of methoxy groups -OCH3 is 1. The van der Waals surface area contributed by atoms with Gasteiger partial charge in [0.25, 0.3) is 0 Å². The van der Waals surface area contributed by atoms with Crippen molar-refractivity contribution in [3.05, 3.63) is 28.2 Å². The summed E-state index contributed by atoms with van der Waals surface area (Å²) in [4.78, 5) is 13.2. The highest BCUT2D eigenvalue weighted by Crippen LogP contribution is 2.40. The Morgan fingerprint density at radius 1 is 1.41 bits per heavy atom. The Balaban J connectivity index is 1.91. The first-order chi connectivity index (χ1) is 10.2. The Hall–Kier alpha value is -1.02. The maximum Gasteiger partial charge on any atom is 0.419 e. The van der Waals surface area contributed by atoms with Gasteiger partial charge in [0, 0.05) is 25.2 Å². The quantitative estimate of drug-likeness (QED) is 0.900. The van der Waals surface area contributed by atoms with Crippen LogP contribution in [0, 0.1) is 0 Å². The minimum Gasteiger partial charge on any atom is -0.366 e. The summed E-state index contributed by atoms with van der Waals surface area (Å²) in [5.74, 6) is -0.476. The molecule has 0 aromatic heterocycles. The normalized spacial score (nSPS) is 17.9. The van der Waals surface area contributed by atoms with E-state index < -0.39 is 17.7 Å². The maximum absolute atomic E-state index is 12.8. The number of benzene rings is 1.